The van der Waals surface area contributed by atoms with E-state index < -0.39 is 12.0 Å². The van der Waals surface area contributed by atoms with Crippen LogP contribution in [0, 0.1) is 5.92 Å². The van der Waals surface area contributed by atoms with Gasteiger partial charge < -0.3 is 25.4 Å². The zero-order valence-corrected chi connectivity index (χ0v) is 18.3. The fourth-order valence-corrected chi connectivity index (χ4v) is 3.63. The molecule has 8 heteroatoms. The number of benzene rings is 2. The van der Waals surface area contributed by atoms with Gasteiger partial charge in [-0.05, 0) is 43.7 Å². The highest BCUT2D eigenvalue weighted by atomic mass is 16.5. The summed E-state index contributed by atoms with van der Waals surface area (Å²) >= 11 is 0. The van der Waals surface area contributed by atoms with E-state index in [4.69, 9.17) is 4.74 Å². The Balaban J connectivity index is 1.38. The van der Waals surface area contributed by atoms with Crippen molar-refractivity contribution in [1.82, 2.24) is 15.5 Å². The lowest BCUT2D eigenvalue weighted by Gasteiger charge is -2.25. The number of aromatic hydroxyl groups is 1. The molecule has 0 radical (unpaired) electrons. The Morgan fingerprint density at radius 1 is 1.06 bits per heavy atom. The largest absolute Gasteiger partial charge is 0.508 e. The van der Waals surface area contributed by atoms with E-state index in [2.05, 4.69) is 10.6 Å². The van der Waals surface area contributed by atoms with Crippen LogP contribution in [0.1, 0.15) is 31.9 Å². The maximum absolute atomic E-state index is 12.5. The summed E-state index contributed by atoms with van der Waals surface area (Å²) in [6, 6.07) is 15.8. The van der Waals surface area contributed by atoms with E-state index in [-0.39, 0.29) is 49.0 Å². The number of carbonyl (C=O) groups excluding carboxylic acids is 3. The van der Waals surface area contributed by atoms with Gasteiger partial charge in [0.1, 0.15) is 11.5 Å². The molecule has 0 bridgehead atoms. The van der Waals surface area contributed by atoms with Gasteiger partial charge in [0, 0.05) is 26.1 Å². The van der Waals surface area contributed by atoms with Gasteiger partial charge in [0.25, 0.3) is 5.91 Å². The third-order valence-corrected chi connectivity index (χ3v) is 5.52. The number of hydrogen-bond donors (Lipinski definition) is 3. The molecule has 0 saturated carbocycles. The molecule has 32 heavy (non-hydrogen) atoms. The summed E-state index contributed by atoms with van der Waals surface area (Å²) in [5, 5.41) is 14.8. The van der Waals surface area contributed by atoms with Gasteiger partial charge >= 0.3 is 0 Å². The van der Waals surface area contributed by atoms with Gasteiger partial charge in [0.15, 0.2) is 6.10 Å². The molecule has 3 rings (SSSR count). The number of hydrogen-bond acceptors (Lipinski definition) is 5. The zero-order valence-electron chi connectivity index (χ0n) is 18.3. The minimum Gasteiger partial charge on any atom is -0.508 e. The highest BCUT2D eigenvalue weighted by molar-refractivity contribution is 5.89. The minimum atomic E-state index is -0.726. The van der Waals surface area contributed by atoms with Crippen molar-refractivity contribution >= 4 is 17.7 Å². The normalized spacial score (nSPS) is 17.5. The van der Waals surface area contributed by atoms with E-state index in [1.165, 1.54) is 12.1 Å². The Hall–Kier alpha value is -3.55. The van der Waals surface area contributed by atoms with Crippen molar-refractivity contribution in [3.8, 4) is 11.5 Å². The van der Waals surface area contributed by atoms with E-state index in [9.17, 15) is 19.5 Å². The van der Waals surface area contributed by atoms with Crippen LogP contribution in [0.5, 0.6) is 11.5 Å². The third-order valence-electron chi connectivity index (χ3n) is 5.52. The number of likely N-dealkylation sites (tertiary alicyclic amines) is 1. The molecule has 3 N–H and O–H groups in total. The van der Waals surface area contributed by atoms with Gasteiger partial charge in [-0.2, -0.15) is 0 Å². The molecular weight excluding hydrogens is 410 g/mol. The van der Waals surface area contributed by atoms with Crippen LogP contribution in [0.4, 0.5) is 0 Å². The van der Waals surface area contributed by atoms with Crippen molar-refractivity contribution in [1.29, 1.82) is 0 Å². The van der Waals surface area contributed by atoms with Gasteiger partial charge in [0.05, 0.1) is 12.0 Å². The first-order valence-corrected chi connectivity index (χ1v) is 10.7. The van der Waals surface area contributed by atoms with Crippen molar-refractivity contribution in [2.24, 2.45) is 5.92 Å². The monoisotopic (exact) mass is 439 g/mol. The third kappa shape index (κ3) is 6.00. The highest BCUT2D eigenvalue weighted by Gasteiger charge is 2.36. The Morgan fingerprint density at radius 3 is 2.41 bits per heavy atom. The molecule has 3 unspecified atom stereocenters. The maximum atomic E-state index is 12.5. The lowest BCUT2D eigenvalue weighted by atomic mass is 10.1. The first kappa shape index (κ1) is 23.1. The summed E-state index contributed by atoms with van der Waals surface area (Å²) in [7, 11) is 0. The van der Waals surface area contributed by atoms with Gasteiger partial charge in [0.2, 0.25) is 11.8 Å². The summed E-state index contributed by atoms with van der Waals surface area (Å²) in [6.45, 7) is 4.47. The molecule has 0 aromatic heterocycles. The Bertz CT molecular complexity index is 932. The lowest BCUT2D eigenvalue weighted by molar-refractivity contribution is -0.130. The number of phenols is 1. The number of ether oxygens (including phenoxy) is 1. The fraction of sp³-hybridized carbons (Fsp3) is 0.375. The fourth-order valence-electron chi connectivity index (χ4n) is 3.63. The SMILES string of the molecule is CC(Oc1ccc(O)cc1)C(=O)NCCNC(=O)C1CC(=O)N(C(C)c2ccccc2)C1. The molecule has 1 aliphatic rings. The number of carbonyl (C=O) groups is 3. The predicted octanol–water partition coefficient (Wildman–Crippen LogP) is 2.00. The summed E-state index contributed by atoms with van der Waals surface area (Å²) in [6.07, 6.45) is -0.539. The summed E-state index contributed by atoms with van der Waals surface area (Å²) in [5.74, 6) is -0.350. The van der Waals surface area contributed by atoms with Crippen molar-refractivity contribution in [3.05, 3.63) is 60.2 Å². The Kier molecular flexibility index (Phi) is 7.70. The first-order chi connectivity index (χ1) is 15.3. The van der Waals surface area contributed by atoms with E-state index >= 15 is 0 Å². The highest BCUT2D eigenvalue weighted by Crippen LogP contribution is 2.28. The number of nitrogens with zero attached hydrogens (tertiary/aromatic N) is 1. The lowest BCUT2D eigenvalue weighted by Crippen LogP contribution is -2.42. The van der Waals surface area contributed by atoms with Crippen LogP contribution in [-0.4, -0.2) is 53.5 Å². The van der Waals surface area contributed by atoms with Crippen LogP contribution in [0.3, 0.4) is 0 Å². The van der Waals surface area contributed by atoms with Crippen LogP contribution < -0.4 is 15.4 Å². The van der Waals surface area contributed by atoms with Gasteiger partial charge in [-0.3, -0.25) is 14.4 Å². The second kappa shape index (κ2) is 10.7. The van der Waals surface area contributed by atoms with Crippen LogP contribution in [-0.2, 0) is 14.4 Å². The number of phenolic OH excluding ortho intramolecular Hbond substituents is 1. The molecule has 0 spiro atoms. The molecule has 8 nitrogen and oxygen atoms in total. The number of rotatable bonds is 9. The quantitative estimate of drug-likeness (QED) is 0.518. The van der Waals surface area contributed by atoms with Gasteiger partial charge in [-0.25, -0.2) is 0 Å². The zero-order chi connectivity index (χ0) is 23.1. The standard InChI is InChI=1S/C24H29N3O5/c1-16(18-6-4-3-5-7-18)27-15-19(14-22(27)29)24(31)26-13-12-25-23(30)17(2)32-21-10-8-20(28)9-11-21/h3-11,16-17,19,28H,12-15H2,1-2H3,(H,25,30)(H,26,31). The minimum absolute atomic E-state index is 0.0324. The summed E-state index contributed by atoms with van der Waals surface area (Å²) in [5.41, 5.74) is 1.04. The van der Waals surface area contributed by atoms with Crippen LogP contribution in [0.2, 0.25) is 0 Å². The first-order valence-electron chi connectivity index (χ1n) is 10.7. The molecule has 1 fully saturated rings. The number of nitrogens with one attached hydrogen (secondary N) is 2. The van der Waals surface area contributed by atoms with E-state index in [0.717, 1.165) is 5.56 Å². The topological polar surface area (TPSA) is 108 Å². The summed E-state index contributed by atoms with van der Waals surface area (Å²) < 4.78 is 5.52. The van der Waals surface area contributed by atoms with Gasteiger partial charge in [-0.1, -0.05) is 30.3 Å². The predicted molar refractivity (Wildman–Crippen MR) is 119 cm³/mol. The molecule has 2 aromatic carbocycles. The molecule has 2 aromatic rings. The van der Waals surface area contributed by atoms with Crippen molar-refractivity contribution in [2.45, 2.75) is 32.4 Å². The molecule has 1 aliphatic heterocycles. The smallest absolute Gasteiger partial charge is 0.260 e. The van der Waals surface area contributed by atoms with Gasteiger partial charge in [-0.15, -0.1) is 0 Å². The maximum Gasteiger partial charge on any atom is 0.260 e. The second-order valence-corrected chi connectivity index (χ2v) is 7.87. The summed E-state index contributed by atoms with van der Waals surface area (Å²) in [4.78, 5) is 38.8. The second-order valence-electron chi connectivity index (χ2n) is 7.87. The average Bonchev–Trinajstić information content (AvgIpc) is 3.19. The van der Waals surface area contributed by atoms with Crippen LogP contribution in [0.25, 0.3) is 0 Å². The molecular formula is C24H29N3O5. The van der Waals surface area contributed by atoms with E-state index in [1.807, 2.05) is 37.3 Å². The van der Waals surface area contributed by atoms with Crippen LogP contribution >= 0.6 is 0 Å². The average molecular weight is 440 g/mol. The molecule has 0 aliphatic carbocycles. The molecule has 170 valence electrons. The molecule has 3 atom stereocenters. The molecule has 1 heterocycles. The Labute approximate surface area is 187 Å². The van der Waals surface area contributed by atoms with E-state index in [0.29, 0.717) is 12.3 Å². The number of amides is 3. The van der Waals surface area contributed by atoms with Crippen molar-refractivity contribution in [2.75, 3.05) is 19.6 Å². The van der Waals surface area contributed by atoms with Crippen molar-refractivity contribution < 1.29 is 24.2 Å². The van der Waals surface area contributed by atoms with Crippen LogP contribution in [0.15, 0.2) is 54.6 Å². The Morgan fingerprint density at radius 2 is 1.72 bits per heavy atom. The molecule has 3 amide bonds. The van der Waals surface area contributed by atoms with Crippen molar-refractivity contribution in [3.63, 3.8) is 0 Å². The molecule has 1 saturated heterocycles. The van der Waals surface area contributed by atoms with E-state index in [1.54, 1.807) is 24.0 Å².